The second kappa shape index (κ2) is 6.29. The highest BCUT2D eigenvalue weighted by molar-refractivity contribution is 4.94. The van der Waals surface area contributed by atoms with Gasteiger partial charge >= 0.3 is 0 Å². The van der Waals surface area contributed by atoms with E-state index in [9.17, 15) is 0 Å². The molecule has 15 heavy (non-hydrogen) atoms. The van der Waals surface area contributed by atoms with Crippen molar-refractivity contribution in [1.82, 2.24) is 10.2 Å². The van der Waals surface area contributed by atoms with Crippen LogP contribution >= 0.6 is 0 Å². The molecule has 0 aromatic rings. The van der Waals surface area contributed by atoms with Gasteiger partial charge in [0.2, 0.25) is 0 Å². The average Bonchev–Trinajstić information content (AvgIpc) is 3.00. The highest BCUT2D eigenvalue weighted by Crippen LogP contribution is 2.19. The molecule has 0 aromatic carbocycles. The lowest BCUT2D eigenvalue weighted by molar-refractivity contribution is 0.211. The van der Waals surface area contributed by atoms with E-state index in [2.05, 4.69) is 37.6 Å². The molecule has 1 rings (SSSR count). The molecule has 1 unspecified atom stereocenters. The Morgan fingerprint density at radius 2 is 2.13 bits per heavy atom. The fourth-order valence-corrected chi connectivity index (χ4v) is 1.97. The third-order valence-corrected chi connectivity index (χ3v) is 3.09. The van der Waals surface area contributed by atoms with E-state index in [1.165, 1.54) is 24.8 Å². The fraction of sp³-hybridized carbons (Fsp3) is 0.846. The summed E-state index contributed by atoms with van der Waals surface area (Å²) in [5, 5.41) is 3.62. The standard InChI is InChI=1S/C13H26N2/c1-5-13(9-14-12-7-8-12)15(6-2)10-11(3)4/h12-14H,3,5-10H2,1-2,4H3. The summed E-state index contributed by atoms with van der Waals surface area (Å²) in [4.78, 5) is 2.53. The number of nitrogens with zero attached hydrogens (tertiary/aromatic N) is 1. The second-order valence-electron chi connectivity index (χ2n) is 4.76. The van der Waals surface area contributed by atoms with Crippen molar-refractivity contribution in [1.29, 1.82) is 0 Å². The zero-order valence-electron chi connectivity index (χ0n) is 10.6. The molecule has 0 heterocycles. The Hall–Kier alpha value is -0.340. The summed E-state index contributed by atoms with van der Waals surface area (Å²) >= 11 is 0. The maximum absolute atomic E-state index is 4.01. The predicted octanol–water partition coefficient (Wildman–Crippen LogP) is 2.42. The molecule has 88 valence electrons. The molecule has 2 nitrogen and oxygen atoms in total. The van der Waals surface area contributed by atoms with Gasteiger partial charge in [-0.15, -0.1) is 0 Å². The van der Waals surface area contributed by atoms with Crippen LogP contribution in [0.5, 0.6) is 0 Å². The van der Waals surface area contributed by atoms with Crippen LogP contribution in [0.15, 0.2) is 12.2 Å². The van der Waals surface area contributed by atoms with E-state index in [4.69, 9.17) is 0 Å². The molecular weight excluding hydrogens is 184 g/mol. The van der Waals surface area contributed by atoms with Gasteiger partial charge in [0.1, 0.15) is 0 Å². The predicted molar refractivity (Wildman–Crippen MR) is 67.2 cm³/mol. The third kappa shape index (κ3) is 4.80. The largest absolute Gasteiger partial charge is 0.312 e. The van der Waals surface area contributed by atoms with Gasteiger partial charge in [-0.05, 0) is 32.7 Å². The first-order valence-corrected chi connectivity index (χ1v) is 6.29. The van der Waals surface area contributed by atoms with Crippen molar-refractivity contribution < 1.29 is 0 Å². The molecule has 1 fully saturated rings. The van der Waals surface area contributed by atoms with Crippen molar-refractivity contribution in [3.63, 3.8) is 0 Å². The Kier molecular flexibility index (Phi) is 5.34. The summed E-state index contributed by atoms with van der Waals surface area (Å²) in [5.74, 6) is 0. The minimum absolute atomic E-state index is 0.673. The van der Waals surface area contributed by atoms with Crippen LogP contribution < -0.4 is 5.32 Å². The van der Waals surface area contributed by atoms with E-state index in [1.807, 2.05) is 0 Å². The van der Waals surface area contributed by atoms with Crippen molar-refractivity contribution in [2.75, 3.05) is 19.6 Å². The molecule has 0 aliphatic heterocycles. The van der Waals surface area contributed by atoms with Crippen LogP contribution in [-0.4, -0.2) is 36.6 Å². The molecule has 1 aliphatic carbocycles. The molecule has 0 bridgehead atoms. The smallest absolute Gasteiger partial charge is 0.0221 e. The van der Waals surface area contributed by atoms with Crippen molar-refractivity contribution in [3.05, 3.63) is 12.2 Å². The van der Waals surface area contributed by atoms with Crippen molar-refractivity contribution in [3.8, 4) is 0 Å². The van der Waals surface area contributed by atoms with Crippen LogP contribution in [0.2, 0.25) is 0 Å². The quantitative estimate of drug-likeness (QED) is 0.619. The van der Waals surface area contributed by atoms with Crippen LogP contribution in [0, 0.1) is 0 Å². The Labute approximate surface area is 94.7 Å². The summed E-state index contributed by atoms with van der Waals surface area (Å²) < 4.78 is 0. The summed E-state index contributed by atoms with van der Waals surface area (Å²) in [7, 11) is 0. The lowest BCUT2D eigenvalue weighted by atomic mass is 10.1. The molecule has 1 saturated carbocycles. The maximum atomic E-state index is 4.01. The average molecular weight is 210 g/mol. The first-order valence-electron chi connectivity index (χ1n) is 6.29. The zero-order chi connectivity index (χ0) is 11.3. The summed E-state index contributed by atoms with van der Waals surface area (Å²) in [6, 6.07) is 1.50. The summed E-state index contributed by atoms with van der Waals surface area (Å²) in [6.07, 6.45) is 3.98. The normalized spacial score (nSPS) is 18.1. The molecule has 0 saturated heterocycles. The van der Waals surface area contributed by atoms with Crippen LogP contribution in [0.4, 0.5) is 0 Å². The van der Waals surface area contributed by atoms with Gasteiger partial charge in [-0.3, -0.25) is 4.90 Å². The van der Waals surface area contributed by atoms with Crippen molar-refractivity contribution in [2.45, 2.75) is 52.1 Å². The Morgan fingerprint density at radius 3 is 2.53 bits per heavy atom. The van der Waals surface area contributed by atoms with Crippen LogP contribution in [0.25, 0.3) is 0 Å². The molecule has 0 aromatic heterocycles. The van der Waals surface area contributed by atoms with E-state index >= 15 is 0 Å². The lowest BCUT2D eigenvalue weighted by Crippen LogP contribution is -2.43. The monoisotopic (exact) mass is 210 g/mol. The van der Waals surface area contributed by atoms with E-state index < -0.39 is 0 Å². The van der Waals surface area contributed by atoms with Gasteiger partial charge in [0.15, 0.2) is 0 Å². The number of hydrogen-bond acceptors (Lipinski definition) is 2. The van der Waals surface area contributed by atoms with Crippen LogP contribution in [0.1, 0.15) is 40.0 Å². The Bertz CT molecular complexity index is 197. The first kappa shape index (κ1) is 12.7. The zero-order valence-corrected chi connectivity index (χ0v) is 10.6. The van der Waals surface area contributed by atoms with Gasteiger partial charge in [-0.2, -0.15) is 0 Å². The molecule has 0 spiro atoms. The topological polar surface area (TPSA) is 15.3 Å². The van der Waals surface area contributed by atoms with E-state index in [1.54, 1.807) is 0 Å². The third-order valence-electron chi connectivity index (χ3n) is 3.09. The highest BCUT2D eigenvalue weighted by atomic mass is 15.2. The molecular formula is C13H26N2. The van der Waals surface area contributed by atoms with E-state index in [-0.39, 0.29) is 0 Å². The Morgan fingerprint density at radius 1 is 1.47 bits per heavy atom. The molecule has 1 N–H and O–H groups in total. The summed E-state index contributed by atoms with van der Waals surface area (Å²) in [5.41, 5.74) is 1.27. The maximum Gasteiger partial charge on any atom is 0.0221 e. The highest BCUT2D eigenvalue weighted by Gasteiger charge is 2.23. The van der Waals surface area contributed by atoms with E-state index in [0.717, 1.165) is 25.7 Å². The van der Waals surface area contributed by atoms with Gasteiger partial charge < -0.3 is 5.32 Å². The van der Waals surface area contributed by atoms with Gasteiger partial charge in [-0.25, -0.2) is 0 Å². The molecule has 0 amide bonds. The molecule has 2 heteroatoms. The minimum Gasteiger partial charge on any atom is -0.312 e. The first-order chi connectivity index (χ1) is 7.17. The fourth-order valence-electron chi connectivity index (χ4n) is 1.97. The van der Waals surface area contributed by atoms with Gasteiger partial charge in [0.25, 0.3) is 0 Å². The number of likely N-dealkylation sites (N-methyl/N-ethyl adjacent to an activating group) is 1. The number of rotatable bonds is 8. The summed E-state index contributed by atoms with van der Waals surface area (Å²) in [6.45, 7) is 13.9. The van der Waals surface area contributed by atoms with Crippen molar-refractivity contribution >= 4 is 0 Å². The van der Waals surface area contributed by atoms with E-state index in [0.29, 0.717) is 6.04 Å². The second-order valence-corrected chi connectivity index (χ2v) is 4.76. The molecule has 1 atom stereocenters. The lowest BCUT2D eigenvalue weighted by Gasteiger charge is -2.30. The Balaban J connectivity index is 2.33. The SMILES string of the molecule is C=C(C)CN(CC)C(CC)CNC1CC1. The molecule has 0 radical (unpaired) electrons. The van der Waals surface area contributed by atoms with Crippen LogP contribution in [0.3, 0.4) is 0 Å². The van der Waals surface area contributed by atoms with Crippen LogP contribution in [-0.2, 0) is 0 Å². The number of hydrogen-bond donors (Lipinski definition) is 1. The van der Waals surface area contributed by atoms with Gasteiger partial charge in [-0.1, -0.05) is 26.0 Å². The van der Waals surface area contributed by atoms with Crippen molar-refractivity contribution in [2.24, 2.45) is 0 Å². The minimum atomic E-state index is 0.673. The van der Waals surface area contributed by atoms with Gasteiger partial charge in [0.05, 0.1) is 0 Å². The number of nitrogens with one attached hydrogen (secondary N) is 1. The van der Waals surface area contributed by atoms with Gasteiger partial charge in [0, 0.05) is 25.2 Å². The molecule has 1 aliphatic rings.